The standard InChI is InChI=1S/C18H24N2O5/c1-13(21)14-5-6-15(16(11-14)24-2)25-12-17(22)19-8-7-18(23)20-9-3-4-10-20/h5-6,11H,3-4,7-10,12H2,1-2H3,(H,19,22). The topological polar surface area (TPSA) is 84.9 Å². The average Bonchev–Trinajstić information content (AvgIpc) is 3.14. The van der Waals surface area contributed by atoms with Crippen LogP contribution in [0.5, 0.6) is 11.5 Å². The van der Waals surface area contributed by atoms with Gasteiger partial charge in [-0.05, 0) is 38.0 Å². The van der Waals surface area contributed by atoms with Crippen LogP contribution in [-0.2, 0) is 9.59 Å². The average molecular weight is 348 g/mol. The van der Waals surface area contributed by atoms with Crippen molar-refractivity contribution in [1.82, 2.24) is 10.2 Å². The van der Waals surface area contributed by atoms with Crippen molar-refractivity contribution in [2.24, 2.45) is 0 Å². The number of hydrogen-bond donors (Lipinski definition) is 1. The van der Waals surface area contributed by atoms with E-state index in [1.165, 1.54) is 14.0 Å². The SMILES string of the molecule is COc1cc(C(C)=O)ccc1OCC(=O)NCCC(=O)N1CCCC1. The zero-order chi connectivity index (χ0) is 18.2. The molecule has 1 fully saturated rings. The highest BCUT2D eigenvalue weighted by molar-refractivity contribution is 5.94. The third-order valence-electron chi connectivity index (χ3n) is 4.05. The third kappa shape index (κ3) is 5.48. The smallest absolute Gasteiger partial charge is 0.257 e. The lowest BCUT2D eigenvalue weighted by atomic mass is 10.1. The summed E-state index contributed by atoms with van der Waals surface area (Å²) < 4.78 is 10.6. The van der Waals surface area contributed by atoms with E-state index in [0.29, 0.717) is 23.5 Å². The van der Waals surface area contributed by atoms with Crippen LogP contribution in [0, 0.1) is 0 Å². The van der Waals surface area contributed by atoms with Gasteiger partial charge in [-0.15, -0.1) is 0 Å². The van der Waals surface area contributed by atoms with E-state index in [4.69, 9.17) is 9.47 Å². The highest BCUT2D eigenvalue weighted by atomic mass is 16.5. The highest BCUT2D eigenvalue weighted by Gasteiger charge is 2.17. The number of carbonyl (C=O) groups excluding carboxylic acids is 3. The van der Waals surface area contributed by atoms with E-state index < -0.39 is 0 Å². The monoisotopic (exact) mass is 348 g/mol. The quantitative estimate of drug-likeness (QED) is 0.718. The van der Waals surface area contributed by atoms with Crippen LogP contribution < -0.4 is 14.8 Å². The number of ether oxygens (including phenoxy) is 2. The molecule has 0 atom stereocenters. The normalized spacial score (nSPS) is 13.4. The molecule has 0 aliphatic carbocycles. The van der Waals surface area contributed by atoms with Gasteiger partial charge in [-0.2, -0.15) is 0 Å². The van der Waals surface area contributed by atoms with Gasteiger partial charge in [0, 0.05) is 31.6 Å². The fraction of sp³-hybridized carbons (Fsp3) is 0.500. The van der Waals surface area contributed by atoms with Crippen molar-refractivity contribution in [2.75, 3.05) is 33.4 Å². The molecule has 7 heteroatoms. The molecule has 0 aromatic heterocycles. The maximum absolute atomic E-state index is 11.9. The number of nitrogens with zero attached hydrogens (tertiary/aromatic N) is 1. The second-order valence-electron chi connectivity index (χ2n) is 5.90. The molecule has 0 spiro atoms. The fourth-order valence-electron chi connectivity index (χ4n) is 2.63. The van der Waals surface area contributed by atoms with Crippen molar-refractivity contribution in [1.29, 1.82) is 0 Å². The number of hydrogen-bond acceptors (Lipinski definition) is 5. The zero-order valence-corrected chi connectivity index (χ0v) is 14.7. The molecule has 0 saturated carbocycles. The van der Waals surface area contributed by atoms with Gasteiger partial charge in [-0.3, -0.25) is 14.4 Å². The Kier molecular flexibility index (Phi) is 6.80. The summed E-state index contributed by atoms with van der Waals surface area (Å²) >= 11 is 0. The summed E-state index contributed by atoms with van der Waals surface area (Å²) in [4.78, 5) is 36.9. The van der Waals surface area contributed by atoms with E-state index >= 15 is 0 Å². The van der Waals surface area contributed by atoms with Crippen LogP contribution in [0.2, 0.25) is 0 Å². The molecular weight excluding hydrogens is 324 g/mol. The molecule has 7 nitrogen and oxygen atoms in total. The second kappa shape index (κ2) is 9.05. The van der Waals surface area contributed by atoms with Gasteiger partial charge >= 0.3 is 0 Å². The van der Waals surface area contributed by atoms with E-state index in [1.54, 1.807) is 18.2 Å². The van der Waals surface area contributed by atoms with Crippen molar-refractivity contribution >= 4 is 17.6 Å². The van der Waals surface area contributed by atoms with Gasteiger partial charge in [0.2, 0.25) is 5.91 Å². The first-order chi connectivity index (χ1) is 12.0. The molecule has 1 saturated heterocycles. The van der Waals surface area contributed by atoms with Gasteiger partial charge in [0.05, 0.1) is 7.11 Å². The van der Waals surface area contributed by atoms with Gasteiger partial charge < -0.3 is 19.7 Å². The van der Waals surface area contributed by atoms with Gasteiger partial charge in [0.25, 0.3) is 5.91 Å². The number of methoxy groups -OCH3 is 1. The maximum atomic E-state index is 11.9. The minimum Gasteiger partial charge on any atom is -0.493 e. The first-order valence-electron chi connectivity index (χ1n) is 8.37. The molecule has 0 radical (unpaired) electrons. The fourth-order valence-corrected chi connectivity index (χ4v) is 2.63. The molecule has 2 amide bonds. The molecule has 2 rings (SSSR count). The Morgan fingerprint density at radius 1 is 1.16 bits per heavy atom. The van der Waals surface area contributed by atoms with Crippen LogP contribution in [0.1, 0.15) is 36.5 Å². The molecular formula is C18H24N2O5. The van der Waals surface area contributed by atoms with E-state index in [-0.39, 0.29) is 30.7 Å². The first kappa shape index (κ1) is 18.8. The van der Waals surface area contributed by atoms with E-state index in [1.807, 2.05) is 4.90 Å². The number of Topliss-reactive ketones (excluding diaryl/α,β-unsaturated/α-hetero) is 1. The summed E-state index contributed by atoms with van der Waals surface area (Å²) in [5.74, 6) is 0.456. The molecule has 1 aromatic carbocycles. The Morgan fingerprint density at radius 3 is 2.52 bits per heavy atom. The molecule has 136 valence electrons. The Bertz CT molecular complexity index is 638. The Balaban J connectivity index is 1.75. The predicted octanol–water partition coefficient (Wildman–Crippen LogP) is 1.41. The minimum atomic E-state index is -0.313. The largest absolute Gasteiger partial charge is 0.493 e. The van der Waals surface area contributed by atoms with Gasteiger partial charge in [-0.1, -0.05) is 0 Å². The summed E-state index contributed by atoms with van der Waals surface area (Å²) in [7, 11) is 1.47. The predicted molar refractivity (Wildman–Crippen MR) is 91.9 cm³/mol. The highest BCUT2D eigenvalue weighted by Crippen LogP contribution is 2.28. The van der Waals surface area contributed by atoms with Crippen LogP contribution in [-0.4, -0.2) is 55.8 Å². The second-order valence-corrected chi connectivity index (χ2v) is 5.90. The lowest BCUT2D eigenvalue weighted by molar-refractivity contribution is -0.130. The van der Waals surface area contributed by atoms with Crippen molar-refractivity contribution in [3.63, 3.8) is 0 Å². The number of likely N-dealkylation sites (tertiary alicyclic amines) is 1. The number of benzene rings is 1. The van der Waals surface area contributed by atoms with E-state index in [2.05, 4.69) is 5.32 Å². The Morgan fingerprint density at radius 2 is 1.88 bits per heavy atom. The summed E-state index contributed by atoms with van der Waals surface area (Å²) in [5, 5.41) is 2.67. The lowest BCUT2D eigenvalue weighted by Gasteiger charge is -2.15. The summed E-state index contributed by atoms with van der Waals surface area (Å²) in [6.45, 7) is 3.19. The lowest BCUT2D eigenvalue weighted by Crippen LogP contribution is -2.34. The zero-order valence-electron chi connectivity index (χ0n) is 14.7. The summed E-state index contributed by atoms with van der Waals surface area (Å²) in [6.07, 6.45) is 2.40. The van der Waals surface area contributed by atoms with E-state index in [9.17, 15) is 14.4 Å². The number of rotatable bonds is 8. The van der Waals surface area contributed by atoms with Crippen molar-refractivity contribution in [3.8, 4) is 11.5 Å². The van der Waals surface area contributed by atoms with Crippen LogP contribution in [0.3, 0.4) is 0 Å². The van der Waals surface area contributed by atoms with Crippen molar-refractivity contribution < 1.29 is 23.9 Å². The van der Waals surface area contributed by atoms with Gasteiger partial charge in [-0.25, -0.2) is 0 Å². The van der Waals surface area contributed by atoms with Crippen molar-refractivity contribution in [2.45, 2.75) is 26.2 Å². The van der Waals surface area contributed by atoms with Crippen LogP contribution in [0.4, 0.5) is 0 Å². The number of amides is 2. The van der Waals surface area contributed by atoms with E-state index in [0.717, 1.165) is 25.9 Å². The number of nitrogens with one attached hydrogen (secondary N) is 1. The minimum absolute atomic E-state index is 0.0696. The Hall–Kier alpha value is -2.57. The molecule has 1 heterocycles. The first-order valence-corrected chi connectivity index (χ1v) is 8.37. The molecule has 0 bridgehead atoms. The van der Waals surface area contributed by atoms with Gasteiger partial charge in [0.1, 0.15) is 0 Å². The van der Waals surface area contributed by atoms with Gasteiger partial charge in [0.15, 0.2) is 23.9 Å². The third-order valence-corrected chi connectivity index (χ3v) is 4.05. The summed E-state index contributed by atoms with van der Waals surface area (Å²) in [6, 6.07) is 4.79. The Labute approximate surface area is 147 Å². The molecule has 1 N–H and O–H groups in total. The number of carbonyl (C=O) groups is 3. The van der Waals surface area contributed by atoms with Crippen molar-refractivity contribution in [3.05, 3.63) is 23.8 Å². The molecule has 1 aliphatic rings. The maximum Gasteiger partial charge on any atom is 0.257 e. The number of ketones is 1. The van der Waals surface area contributed by atoms with Crippen LogP contribution >= 0.6 is 0 Å². The molecule has 1 aliphatic heterocycles. The van der Waals surface area contributed by atoms with Crippen LogP contribution in [0.25, 0.3) is 0 Å². The molecule has 25 heavy (non-hydrogen) atoms. The molecule has 0 unspecified atom stereocenters. The van der Waals surface area contributed by atoms with Crippen LogP contribution in [0.15, 0.2) is 18.2 Å². The summed E-state index contributed by atoms with van der Waals surface area (Å²) in [5.41, 5.74) is 0.508. The molecule has 1 aromatic rings.